The molecule has 0 radical (unpaired) electrons. The van der Waals surface area contributed by atoms with Gasteiger partial charge in [-0.3, -0.25) is 4.79 Å². The molecule has 2 aromatic carbocycles. The summed E-state index contributed by atoms with van der Waals surface area (Å²) in [5, 5.41) is 19.4. The molecule has 2 saturated carbocycles. The summed E-state index contributed by atoms with van der Waals surface area (Å²) in [4.78, 5) is 13.4. The first-order chi connectivity index (χ1) is 26.4. The number of rotatable bonds is 4. The van der Waals surface area contributed by atoms with E-state index in [-0.39, 0.29) is 11.5 Å². The molecule has 5 aliphatic rings. The second kappa shape index (κ2) is 17.2. The van der Waals surface area contributed by atoms with Gasteiger partial charge in [0.05, 0.1) is 6.07 Å². The van der Waals surface area contributed by atoms with Gasteiger partial charge in [-0.1, -0.05) is 143 Å². The quantitative estimate of drug-likeness (QED) is 0.252. The molecular formula is C50H57N3O. The fourth-order valence-electron chi connectivity index (χ4n) is 10.9. The number of carbonyl (C=O) groups is 1. The van der Waals surface area contributed by atoms with Crippen molar-refractivity contribution >= 4 is 22.5 Å². The van der Waals surface area contributed by atoms with Gasteiger partial charge in [-0.15, -0.1) is 0 Å². The van der Waals surface area contributed by atoms with Crippen LogP contribution in [0.3, 0.4) is 0 Å². The molecule has 7 rings (SSSR count). The summed E-state index contributed by atoms with van der Waals surface area (Å²) >= 11 is 0. The highest BCUT2D eigenvalue weighted by Gasteiger charge is 2.33. The zero-order valence-corrected chi connectivity index (χ0v) is 32.3. The highest BCUT2D eigenvalue weighted by Crippen LogP contribution is 2.47. The molecule has 4 nitrogen and oxygen atoms in total. The van der Waals surface area contributed by atoms with E-state index in [1.165, 1.54) is 89.0 Å². The van der Waals surface area contributed by atoms with E-state index in [2.05, 4.69) is 61.2 Å². The van der Waals surface area contributed by atoms with Crippen LogP contribution < -0.4 is 5.73 Å². The van der Waals surface area contributed by atoms with E-state index in [0.29, 0.717) is 22.6 Å². The van der Waals surface area contributed by atoms with Gasteiger partial charge >= 0.3 is 0 Å². The number of ketones is 1. The minimum atomic E-state index is 0.0152. The average Bonchev–Trinajstić information content (AvgIpc) is 3.59. The molecule has 0 saturated heterocycles. The van der Waals surface area contributed by atoms with E-state index >= 15 is 0 Å². The number of fused-ring (bicyclic) bond motifs is 2. The van der Waals surface area contributed by atoms with Crippen LogP contribution in [0.1, 0.15) is 143 Å². The van der Waals surface area contributed by atoms with Crippen LogP contribution in [-0.4, -0.2) is 5.78 Å². The molecule has 278 valence electrons. The van der Waals surface area contributed by atoms with Gasteiger partial charge in [0.1, 0.15) is 11.8 Å². The summed E-state index contributed by atoms with van der Waals surface area (Å²) in [6, 6.07) is 20.5. The third-order valence-electron chi connectivity index (χ3n) is 13.7. The lowest BCUT2D eigenvalue weighted by Gasteiger charge is -2.35. The summed E-state index contributed by atoms with van der Waals surface area (Å²) in [6.45, 7) is 6.39. The first-order valence-corrected chi connectivity index (χ1v) is 20.9. The molecule has 1 atom stereocenters. The van der Waals surface area contributed by atoms with Crippen LogP contribution in [0.5, 0.6) is 0 Å². The third kappa shape index (κ3) is 7.91. The van der Waals surface area contributed by atoms with Crippen molar-refractivity contribution in [2.24, 2.45) is 35.3 Å². The van der Waals surface area contributed by atoms with Crippen molar-refractivity contribution in [3.8, 4) is 12.1 Å². The Balaban J connectivity index is 0.910. The number of nitrogens with two attached hydrogens (primary N) is 1. The number of allylic oxidation sites excluding steroid dienone is 11. The highest BCUT2D eigenvalue weighted by atomic mass is 16.1. The zero-order chi connectivity index (χ0) is 37.6. The van der Waals surface area contributed by atoms with E-state index in [0.717, 1.165) is 88.3 Å². The smallest absolute Gasteiger partial charge is 0.194 e. The lowest BCUT2D eigenvalue weighted by atomic mass is 9.71. The molecule has 0 spiro atoms. The van der Waals surface area contributed by atoms with Gasteiger partial charge in [-0.25, -0.2) is 0 Å². The Morgan fingerprint density at radius 3 is 1.80 bits per heavy atom. The largest absolute Gasteiger partial charge is 0.390 e. The van der Waals surface area contributed by atoms with E-state index in [4.69, 9.17) is 5.73 Å². The fourth-order valence-corrected chi connectivity index (χ4v) is 10.9. The minimum absolute atomic E-state index is 0.0152. The lowest BCUT2D eigenvalue weighted by Crippen LogP contribution is -2.23. The predicted molar refractivity (Wildman–Crippen MR) is 221 cm³/mol. The second-order valence-electron chi connectivity index (χ2n) is 16.8. The van der Waals surface area contributed by atoms with E-state index in [1.54, 1.807) is 0 Å². The molecule has 2 N–H and O–H groups in total. The third-order valence-corrected chi connectivity index (χ3v) is 13.7. The van der Waals surface area contributed by atoms with E-state index in [1.807, 2.05) is 31.2 Å². The number of hydrogen-bond donors (Lipinski definition) is 1. The van der Waals surface area contributed by atoms with Gasteiger partial charge in [-0.05, 0) is 109 Å². The first kappa shape index (κ1) is 37.6. The molecule has 4 heteroatoms. The number of benzene rings is 2. The average molecular weight is 716 g/mol. The van der Waals surface area contributed by atoms with Gasteiger partial charge in [0.15, 0.2) is 5.78 Å². The van der Waals surface area contributed by atoms with Crippen LogP contribution in [-0.2, 0) is 0 Å². The number of carbonyl (C=O) groups excluding carboxylic acids is 1. The van der Waals surface area contributed by atoms with Crippen molar-refractivity contribution < 1.29 is 4.79 Å². The predicted octanol–water partition coefficient (Wildman–Crippen LogP) is 12.6. The summed E-state index contributed by atoms with van der Waals surface area (Å²) < 4.78 is 0. The maximum atomic E-state index is 13.4. The summed E-state index contributed by atoms with van der Waals surface area (Å²) in [5.74, 6) is 3.74. The van der Waals surface area contributed by atoms with Crippen molar-refractivity contribution in [2.75, 3.05) is 0 Å². The van der Waals surface area contributed by atoms with Crippen LogP contribution in [0.2, 0.25) is 0 Å². The number of nitrogens with zero attached hydrogens (tertiary/aromatic N) is 2. The van der Waals surface area contributed by atoms with E-state index in [9.17, 15) is 15.3 Å². The van der Waals surface area contributed by atoms with Crippen LogP contribution in [0, 0.1) is 52.3 Å². The molecule has 54 heavy (non-hydrogen) atoms. The van der Waals surface area contributed by atoms with Gasteiger partial charge in [0.2, 0.25) is 0 Å². The topological polar surface area (TPSA) is 90.7 Å². The Labute approximate surface area is 323 Å². The Hall–Kier alpha value is -4.67. The van der Waals surface area contributed by atoms with Crippen molar-refractivity contribution in [1.29, 1.82) is 10.5 Å². The van der Waals surface area contributed by atoms with Crippen LogP contribution in [0.4, 0.5) is 0 Å². The van der Waals surface area contributed by atoms with Crippen molar-refractivity contribution in [1.82, 2.24) is 0 Å². The zero-order valence-electron chi connectivity index (χ0n) is 32.3. The molecule has 0 bridgehead atoms. The normalized spacial score (nSPS) is 30.9. The fraction of sp³-hybridized carbons (Fsp3) is 0.460. The monoisotopic (exact) mass is 715 g/mol. The molecule has 5 aliphatic carbocycles. The number of nitriles is 2. The molecule has 0 amide bonds. The Kier molecular flexibility index (Phi) is 12.0. The molecular weight excluding hydrogens is 659 g/mol. The van der Waals surface area contributed by atoms with Crippen LogP contribution in [0.15, 0.2) is 101 Å². The Morgan fingerprint density at radius 1 is 0.685 bits per heavy atom. The van der Waals surface area contributed by atoms with Crippen LogP contribution >= 0.6 is 0 Å². The van der Waals surface area contributed by atoms with Crippen LogP contribution in [0.25, 0.3) is 16.7 Å². The summed E-state index contributed by atoms with van der Waals surface area (Å²) in [6.07, 6.45) is 28.6. The van der Waals surface area contributed by atoms with Gasteiger partial charge in [0, 0.05) is 27.9 Å². The number of Topliss-reactive ketones (excluding diaryl/α,β-unsaturated/α-hetero) is 1. The maximum Gasteiger partial charge on any atom is 0.194 e. The minimum Gasteiger partial charge on any atom is -0.390 e. The van der Waals surface area contributed by atoms with Crippen molar-refractivity contribution in [3.05, 3.63) is 124 Å². The van der Waals surface area contributed by atoms with Gasteiger partial charge in [-0.2, -0.15) is 10.5 Å². The molecule has 2 fully saturated rings. The Morgan fingerprint density at radius 2 is 1.20 bits per heavy atom. The molecule has 1 unspecified atom stereocenters. The number of hydrogen-bond acceptors (Lipinski definition) is 4. The molecule has 0 aliphatic heterocycles. The van der Waals surface area contributed by atoms with Crippen molar-refractivity contribution in [3.63, 3.8) is 0 Å². The molecule has 0 heterocycles. The highest BCUT2D eigenvalue weighted by molar-refractivity contribution is 6.27. The summed E-state index contributed by atoms with van der Waals surface area (Å²) in [7, 11) is 0. The van der Waals surface area contributed by atoms with Gasteiger partial charge < -0.3 is 5.73 Å². The maximum absolute atomic E-state index is 13.4. The standard InChI is InChI=1S/C50H57N3O/c1-33(31-51)48-42-26-4-3-25-41(42)34(2)45(48)29-35-13-7-17-37(18-8-14-35)39-21-11-23-40(24-12-22-39)38-19-9-15-36(16-10-20-38)30-46-49(47(53)32-52)43-27-5-6-28-44(43)50(46)54/h3-6,13,25-30,36-40H,2,7-12,14-24,53H2,1H3/b35-13+,45-29+,46-30-,48-33-,49-47+. The van der Waals surface area contributed by atoms with Gasteiger partial charge in [0.25, 0.3) is 0 Å². The molecule has 2 aromatic rings. The van der Waals surface area contributed by atoms with Crippen molar-refractivity contribution in [2.45, 2.75) is 116 Å². The van der Waals surface area contributed by atoms with E-state index < -0.39 is 0 Å². The second-order valence-corrected chi connectivity index (χ2v) is 16.8. The Bertz CT molecular complexity index is 2000. The first-order valence-electron chi connectivity index (χ1n) is 20.9. The SMILES string of the molecule is C=C1C(=C\C2=C\CCC(C3CCCC(C4CCCC(/C=C5\C(=O)c6ccccc6\C5=C(/N)C#N)CCC4)CCC3)CCC2)/C(=C(/C)C#N)c2ccccc21. The lowest BCUT2D eigenvalue weighted by molar-refractivity contribution is 0.104. The summed E-state index contributed by atoms with van der Waals surface area (Å²) in [5.41, 5.74) is 16.8. The molecule has 0 aromatic heterocycles.